The fourth-order valence-electron chi connectivity index (χ4n) is 1.22. The zero-order valence-corrected chi connectivity index (χ0v) is 11.5. The van der Waals surface area contributed by atoms with Gasteiger partial charge in [-0.3, -0.25) is 0 Å². The molecular formula is C10H9Cl2F9. The molecule has 0 saturated heterocycles. The van der Waals surface area contributed by atoms with Gasteiger partial charge in [0.1, 0.15) is 0 Å². The van der Waals surface area contributed by atoms with Crippen molar-refractivity contribution < 1.29 is 39.5 Å². The van der Waals surface area contributed by atoms with Crippen LogP contribution in [0.4, 0.5) is 39.5 Å². The van der Waals surface area contributed by atoms with E-state index < -0.39 is 53.6 Å². The standard InChI is InChI=1S/C10H9Cl2F9/c1-3(11)7(15)9(17,18)5(13)2-4(12)6(14)8(16)10(19,20)21/h4-8H,1-2H2. The van der Waals surface area contributed by atoms with Crippen molar-refractivity contribution in [1.29, 1.82) is 0 Å². The SMILES string of the molecule is C=C(Cl)C(F)C(F)(F)C(F)CC(Cl)C(F)C(F)C(F)(F)F. The van der Waals surface area contributed by atoms with Gasteiger partial charge in [-0.25, -0.2) is 17.6 Å². The minimum absolute atomic E-state index is 1.26. The van der Waals surface area contributed by atoms with E-state index in [4.69, 9.17) is 23.2 Å². The number of rotatable bonds is 7. The number of alkyl halides is 10. The summed E-state index contributed by atoms with van der Waals surface area (Å²) in [6.45, 7) is 2.61. The molecule has 21 heavy (non-hydrogen) atoms. The lowest BCUT2D eigenvalue weighted by Crippen LogP contribution is -2.45. The van der Waals surface area contributed by atoms with Gasteiger partial charge in [-0.1, -0.05) is 18.2 Å². The first-order valence-corrected chi connectivity index (χ1v) is 6.03. The highest BCUT2D eigenvalue weighted by Crippen LogP contribution is 2.38. The molecule has 0 aliphatic carbocycles. The third kappa shape index (κ3) is 5.43. The zero-order chi connectivity index (χ0) is 17.2. The van der Waals surface area contributed by atoms with Crippen molar-refractivity contribution in [1.82, 2.24) is 0 Å². The zero-order valence-electron chi connectivity index (χ0n) is 9.96. The van der Waals surface area contributed by atoms with Crippen LogP contribution in [0.3, 0.4) is 0 Å². The lowest BCUT2D eigenvalue weighted by molar-refractivity contribution is -0.197. The third-order valence-corrected chi connectivity index (χ3v) is 3.01. The minimum Gasteiger partial charge on any atom is -0.242 e. The minimum atomic E-state index is -5.63. The van der Waals surface area contributed by atoms with Crippen LogP contribution < -0.4 is 0 Å². The van der Waals surface area contributed by atoms with E-state index >= 15 is 0 Å². The molecule has 0 fully saturated rings. The van der Waals surface area contributed by atoms with Crippen molar-refractivity contribution in [3.8, 4) is 0 Å². The molecule has 5 atom stereocenters. The Morgan fingerprint density at radius 2 is 1.43 bits per heavy atom. The predicted molar refractivity (Wildman–Crippen MR) is 59.8 cm³/mol. The van der Waals surface area contributed by atoms with Crippen molar-refractivity contribution in [2.24, 2.45) is 0 Å². The lowest BCUT2D eigenvalue weighted by atomic mass is 10.0. The van der Waals surface area contributed by atoms with E-state index in [1.807, 2.05) is 0 Å². The summed E-state index contributed by atoms with van der Waals surface area (Å²) < 4.78 is 114. The van der Waals surface area contributed by atoms with Gasteiger partial charge in [-0.15, -0.1) is 11.6 Å². The van der Waals surface area contributed by atoms with E-state index in [9.17, 15) is 39.5 Å². The summed E-state index contributed by atoms with van der Waals surface area (Å²) in [7, 11) is 0. The van der Waals surface area contributed by atoms with Crippen LogP contribution in [0, 0.1) is 0 Å². The van der Waals surface area contributed by atoms with E-state index in [1.54, 1.807) is 0 Å². The molecule has 0 aromatic heterocycles. The van der Waals surface area contributed by atoms with Gasteiger partial charge in [0.05, 0.1) is 10.4 Å². The summed E-state index contributed by atoms with van der Waals surface area (Å²) in [5, 5.41) is -3.84. The first kappa shape index (κ1) is 20.7. The second-order valence-electron chi connectivity index (χ2n) is 4.09. The Morgan fingerprint density at radius 3 is 1.76 bits per heavy atom. The largest absolute Gasteiger partial charge is 0.422 e. The smallest absolute Gasteiger partial charge is 0.242 e. The van der Waals surface area contributed by atoms with Gasteiger partial charge in [0.15, 0.2) is 12.3 Å². The molecule has 126 valence electrons. The quantitative estimate of drug-likeness (QED) is 0.422. The average molecular weight is 371 g/mol. The van der Waals surface area contributed by atoms with Crippen molar-refractivity contribution >= 4 is 23.2 Å². The molecular weight excluding hydrogens is 362 g/mol. The molecule has 0 bridgehead atoms. The van der Waals surface area contributed by atoms with Gasteiger partial charge >= 0.3 is 12.1 Å². The van der Waals surface area contributed by atoms with E-state index in [0.29, 0.717) is 0 Å². The number of halogens is 11. The molecule has 0 saturated carbocycles. The molecule has 0 aliphatic rings. The molecule has 0 nitrogen and oxygen atoms in total. The van der Waals surface area contributed by atoms with E-state index in [1.165, 1.54) is 0 Å². The van der Waals surface area contributed by atoms with Gasteiger partial charge in [0.25, 0.3) is 0 Å². The molecule has 0 amide bonds. The Bertz CT molecular complexity index is 357. The Morgan fingerprint density at radius 1 is 1.00 bits per heavy atom. The van der Waals surface area contributed by atoms with Crippen LogP contribution in [0.5, 0.6) is 0 Å². The van der Waals surface area contributed by atoms with Crippen molar-refractivity contribution in [3.05, 3.63) is 11.6 Å². The van der Waals surface area contributed by atoms with E-state index in [2.05, 4.69) is 6.58 Å². The number of hydrogen-bond donors (Lipinski definition) is 0. The summed E-state index contributed by atoms with van der Waals surface area (Å²) in [6, 6.07) is 0. The second-order valence-corrected chi connectivity index (χ2v) is 5.14. The normalized spacial score (nSPS) is 20.5. The van der Waals surface area contributed by atoms with Crippen LogP contribution in [0.25, 0.3) is 0 Å². The first-order valence-electron chi connectivity index (χ1n) is 5.22. The Balaban J connectivity index is 4.85. The molecule has 0 radical (unpaired) electrons. The Hall–Kier alpha value is -0.310. The van der Waals surface area contributed by atoms with Gasteiger partial charge < -0.3 is 0 Å². The third-order valence-electron chi connectivity index (χ3n) is 2.40. The summed E-state index contributed by atoms with van der Waals surface area (Å²) in [5.41, 5.74) is 0. The van der Waals surface area contributed by atoms with Crippen LogP contribution >= 0.6 is 23.2 Å². The Labute approximate surface area is 123 Å². The van der Waals surface area contributed by atoms with Crippen molar-refractivity contribution in [2.45, 2.75) is 48.6 Å². The average Bonchev–Trinajstić information content (AvgIpc) is 2.34. The summed E-state index contributed by atoms with van der Waals surface area (Å²) in [5.74, 6) is -4.80. The fourth-order valence-corrected chi connectivity index (χ4v) is 1.65. The fraction of sp³-hybridized carbons (Fsp3) is 0.800. The van der Waals surface area contributed by atoms with Gasteiger partial charge in [-0.05, 0) is 0 Å². The monoisotopic (exact) mass is 370 g/mol. The molecule has 0 aliphatic heterocycles. The van der Waals surface area contributed by atoms with Crippen LogP contribution in [-0.2, 0) is 0 Å². The molecule has 0 aromatic rings. The van der Waals surface area contributed by atoms with Crippen LogP contribution in [0.1, 0.15) is 6.42 Å². The summed E-state index contributed by atoms with van der Waals surface area (Å²) >= 11 is 9.79. The van der Waals surface area contributed by atoms with Crippen LogP contribution in [0.15, 0.2) is 11.6 Å². The maximum atomic E-state index is 13.2. The number of allylic oxidation sites excluding steroid dienone is 1. The molecule has 0 rings (SSSR count). The van der Waals surface area contributed by atoms with Crippen LogP contribution in [-0.4, -0.2) is 42.2 Å². The lowest BCUT2D eigenvalue weighted by Gasteiger charge is -2.27. The molecule has 0 N–H and O–H groups in total. The van der Waals surface area contributed by atoms with E-state index in [0.717, 1.165) is 0 Å². The topological polar surface area (TPSA) is 0 Å². The second kappa shape index (κ2) is 7.30. The van der Waals surface area contributed by atoms with Crippen molar-refractivity contribution in [3.63, 3.8) is 0 Å². The molecule has 0 aromatic carbocycles. The highest BCUT2D eigenvalue weighted by atomic mass is 35.5. The Kier molecular flexibility index (Phi) is 7.19. The molecule has 0 spiro atoms. The van der Waals surface area contributed by atoms with Gasteiger partial charge in [0, 0.05) is 6.42 Å². The van der Waals surface area contributed by atoms with Gasteiger partial charge in [0.2, 0.25) is 12.3 Å². The van der Waals surface area contributed by atoms with Crippen molar-refractivity contribution in [2.75, 3.05) is 0 Å². The van der Waals surface area contributed by atoms with Gasteiger partial charge in [-0.2, -0.15) is 22.0 Å². The highest BCUT2D eigenvalue weighted by molar-refractivity contribution is 6.29. The molecule has 11 heteroatoms. The molecule has 5 unspecified atom stereocenters. The summed E-state index contributed by atoms with van der Waals surface area (Å²) in [4.78, 5) is 0. The van der Waals surface area contributed by atoms with Crippen LogP contribution in [0.2, 0.25) is 0 Å². The molecule has 0 heterocycles. The maximum absolute atomic E-state index is 13.2. The predicted octanol–water partition coefficient (Wildman–Crippen LogP) is 5.29. The maximum Gasteiger partial charge on any atom is 0.422 e. The summed E-state index contributed by atoms with van der Waals surface area (Å²) in [6.07, 6.45) is -21.8. The van der Waals surface area contributed by atoms with E-state index in [-0.39, 0.29) is 0 Å². The first-order chi connectivity index (χ1) is 9.22. The highest BCUT2D eigenvalue weighted by Gasteiger charge is 2.53. The number of hydrogen-bond acceptors (Lipinski definition) is 0.